The van der Waals surface area contributed by atoms with Crippen molar-refractivity contribution in [2.24, 2.45) is 0 Å². The smallest absolute Gasteiger partial charge is 0.206 e. The van der Waals surface area contributed by atoms with Crippen molar-refractivity contribution < 1.29 is 0 Å². The first-order chi connectivity index (χ1) is 6.90. The second kappa shape index (κ2) is 3.78. The lowest BCUT2D eigenvalue weighted by Gasteiger charge is -1.91. The third-order valence-electron chi connectivity index (χ3n) is 1.66. The molecule has 2 heterocycles. The van der Waals surface area contributed by atoms with E-state index in [2.05, 4.69) is 27.0 Å². The summed E-state index contributed by atoms with van der Waals surface area (Å²) in [5.74, 6) is 0.583. The van der Waals surface area contributed by atoms with E-state index in [-0.39, 0.29) is 0 Å². The summed E-state index contributed by atoms with van der Waals surface area (Å²) in [7, 11) is 0. The van der Waals surface area contributed by atoms with Crippen LogP contribution in [0.1, 0.15) is 0 Å². The molecule has 2 rings (SSSR count). The second-order valence-corrected chi connectivity index (χ2v) is 2.70. The number of pyridine rings is 1. The van der Waals surface area contributed by atoms with Crippen LogP contribution in [0.5, 0.6) is 0 Å². The molecule has 0 saturated heterocycles. The van der Waals surface area contributed by atoms with Crippen molar-refractivity contribution in [3.05, 3.63) is 37.2 Å². The predicted molar refractivity (Wildman–Crippen MR) is 51.2 cm³/mol. The third kappa shape index (κ3) is 1.66. The van der Waals surface area contributed by atoms with Gasteiger partial charge in [-0.15, -0.1) is 16.8 Å². The van der Waals surface area contributed by atoms with Gasteiger partial charge in [0.1, 0.15) is 0 Å². The molecular weight excluding hydrogens is 178 g/mol. The van der Waals surface area contributed by atoms with Crippen LogP contribution in [-0.4, -0.2) is 25.2 Å². The number of hydrogen-bond acceptors (Lipinski definition) is 4. The van der Waals surface area contributed by atoms with Crippen LogP contribution < -0.4 is 0 Å². The molecule has 0 aliphatic carbocycles. The van der Waals surface area contributed by atoms with Crippen LogP contribution >= 0.6 is 0 Å². The molecule has 0 N–H and O–H groups in total. The fourth-order valence-electron chi connectivity index (χ4n) is 1.05. The Balaban J connectivity index is 2.29. The fraction of sp³-hybridized carbons (Fsp3) is 0.111. The molecule has 0 bridgehead atoms. The minimum absolute atomic E-state index is 0.563. The van der Waals surface area contributed by atoms with Gasteiger partial charge in [-0.25, -0.2) is 0 Å². The minimum Gasteiger partial charge on any atom is -0.264 e. The summed E-state index contributed by atoms with van der Waals surface area (Å²) in [4.78, 5) is 5.46. The summed E-state index contributed by atoms with van der Waals surface area (Å²) in [6.07, 6.45) is 5.13. The van der Waals surface area contributed by atoms with Gasteiger partial charge >= 0.3 is 0 Å². The average Bonchev–Trinajstić information content (AvgIpc) is 2.68. The zero-order valence-electron chi connectivity index (χ0n) is 7.54. The molecule has 0 radical (unpaired) electrons. The maximum Gasteiger partial charge on any atom is 0.206 e. The molecule has 14 heavy (non-hydrogen) atoms. The van der Waals surface area contributed by atoms with Crippen molar-refractivity contribution in [3.8, 4) is 11.4 Å². The number of allylic oxidation sites excluding steroid dienone is 1. The Hall–Kier alpha value is -2.04. The van der Waals surface area contributed by atoms with Gasteiger partial charge < -0.3 is 0 Å². The Kier molecular flexibility index (Phi) is 2.31. The third-order valence-corrected chi connectivity index (χ3v) is 1.66. The molecule has 5 heteroatoms. The molecule has 0 unspecified atom stereocenters. The molecule has 0 spiro atoms. The first kappa shape index (κ1) is 8.55. The molecule has 0 fully saturated rings. The largest absolute Gasteiger partial charge is 0.264 e. The van der Waals surface area contributed by atoms with Crippen LogP contribution in [0.4, 0.5) is 0 Å². The molecule has 70 valence electrons. The lowest BCUT2D eigenvalue weighted by atomic mass is 10.3. The van der Waals surface area contributed by atoms with E-state index in [1.54, 1.807) is 18.5 Å². The normalized spacial score (nSPS) is 10.0. The van der Waals surface area contributed by atoms with Crippen LogP contribution in [0, 0.1) is 0 Å². The Morgan fingerprint density at radius 1 is 1.50 bits per heavy atom. The highest BCUT2D eigenvalue weighted by Crippen LogP contribution is 2.09. The number of tetrazole rings is 1. The summed E-state index contributed by atoms with van der Waals surface area (Å²) >= 11 is 0. The number of nitrogens with zero attached hydrogens (tertiary/aromatic N) is 5. The van der Waals surface area contributed by atoms with Crippen LogP contribution in [0.25, 0.3) is 11.4 Å². The van der Waals surface area contributed by atoms with E-state index >= 15 is 0 Å². The molecule has 0 aromatic carbocycles. The van der Waals surface area contributed by atoms with Gasteiger partial charge in [-0.05, 0) is 17.3 Å². The highest BCUT2D eigenvalue weighted by Gasteiger charge is 2.03. The first-order valence-electron chi connectivity index (χ1n) is 4.19. The molecule has 0 saturated carbocycles. The monoisotopic (exact) mass is 187 g/mol. The van der Waals surface area contributed by atoms with Gasteiger partial charge in [0.2, 0.25) is 5.82 Å². The maximum absolute atomic E-state index is 4.15. The second-order valence-electron chi connectivity index (χ2n) is 2.70. The average molecular weight is 187 g/mol. The molecule has 0 aliphatic rings. The van der Waals surface area contributed by atoms with Crippen molar-refractivity contribution >= 4 is 0 Å². The molecule has 2 aromatic rings. The fourth-order valence-corrected chi connectivity index (χ4v) is 1.05. The lowest BCUT2D eigenvalue weighted by molar-refractivity contribution is 0.583. The van der Waals surface area contributed by atoms with Gasteiger partial charge in [0, 0.05) is 18.0 Å². The van der Waals surface area contributed by atoms with E-state index in [1.807, 2.05) is 12.1 Å². The van der Waals surface area contributed by atoms with Gasteiger partial charge in [-0.1, -0.05) is 6.08 Å². The Morgan fingerprint density at radius 2 is 2.43 bits per heavy atom. The van der Waals surface area contributed by atoms with E-state index < -0.39 is 0 Å². The summed E-state index contributed by atoms with van der Waals surface area (Å²) in [5.41, 5.74) is 0.864. The van der Waals surface area contributed by atoms with Crippen molar-refractivity contribution in [1.82, 2.24) is 25.2 Å². The minimum atomic E-state index is 0.563. The maximum atomic E-state index is 4.15. The highest BCUT2D eigenvalue weighted by molar-refractivity contribution is 5.51. The van der Waals surface area contributed by atoms with Crippen molar-refractivity contribution in [3.63, 3.8) is 0 Å². The highest BCUT2D eigenvalue weighted by atomic mass is 15.6. The molecule has 0 amide bonds. The Morgan fingerprint density at radius 3 is 3.14 bits per heavy atom. The molecule has 0 aliphatic heterocycles. The van der Waals surface area contributed by atoms with Gasteiger partial charge in [-0.2, -0.15) is 4.80 Å². The van der Waals surface area contributed by atoms with E-state index in [0.717, 1.165) is 5.56 Å². The number of rotatable bonds is 3. The van der Waals surface area contributed by atoms with Crippen LogP contribution in [0.15, 0.2) is 37.2 Å². The molecular formula is C9H9N5. The van der Waals surface area contributed by atoms with Gasteiger partial charge in [-0.3, -0.25) is 4.98 Å². The predicted octanol–water partition coefficient (Wildman–Crippen LogP) is 0.921. The van der Waals surface area contributed by atoms with Gasteiger partial charge in [0.05, 0.1) is 6.54 Å². The SMILES string of the molecule is C=CCn1nnc(-c2cccnc2)n1. The Labute approximate surface area is 81.1 Å². The zero-order valence-corrected chi connectivity index (χ0v) is 7.54. The van der Waals surface area contributed by atoms with Gasteiger partial charge in [0.15, 0.2) is 0 Å². The number of aromatic nitrogens is 5. The topological polar surface area (TPSA) is 56.5 Å². The van der Waals surface area contributed by atoms with E-state index in [0.29, 0.717) is 12.4 Å². The van der Waals surface area contributed by atoms with E-state index in [4.69, 9.17) is 0 Å². The van der Waals surface area contributed by atoms with Crippen molar-refractivity contribution in [2.45, 2.75) is 6.54 Å². The lowest BCUT2D eigenvalue weighted by Crippen LogP contribution is -1.99. The van der Waals surface area contributed by atoms with E-state index in [1.165, 1.54) is 4.80 Å². The van der Waals surface area contributed by atoms with Crippen LogP contribution in [0.2, 0.25) is 0 Å². The number of hydrogen-bond donors (Lipinski definition) is 0. The summed E-state index contributed by atoms with van der Waals surface area (Å²) in [5, 5.41) is 11.9. The standard InChI is InChI=1S/C9H9N5/c1-2-6-14-12-9(11-13-14)8-4-3-5-10-7-8/h2-5,7H,1,6H2. The summed E-state index contributed by atoms with van der Waals surface area (Å²) in [6, 6.07) is 3.73. The van der Waals surface area contributed by atoms with Gasteiger partial charge in [0.25, 0.3) is 0 Å². The zero-order chi connectivity index (χ0) is 9.80. The molecule has 5 nitrogen and oxygen atoms in total. The van der Waals surface area contributed by atoms with E-state index in [9.17, 15) is 0 Å². The summed E-state index contributed by atoms with van der Waals surface area (Å²) in [6.45, 7) is 4.16. The first-order valence-corrected chi connectivity index (χ1v) is 4.19. The van der Waals surface area contributed by atoms with Crippen molar-refractivity contribution in [1.29, 1.82) is 0 Å². The molecule has 2 aromatic heterocycles. The van der Waals surface area contributed by atoms with Crippen LogP contribution in [-0.2, 0) is 6.54 Å². The molecule has 0 atom stereocenters. The van der Waals surface area contributed by atoms with Crippen molar-refractivity contribution in [2.75, 3.05) is 0 Å². The Bertz CT molecular complexity index is 420. The summed E-state index contributed by atoms with van der Waals surface area (Å²) < 4.78 is 0. The quantitative estimate of drug-likeness (QED) is 0.670. The van der Waals surface area contributed by atoms with Crippen LogP contribution in [0.3, 0.4) is 0 Å².